The topological polar surface area (TPSA) is 60.2 Å². The van der Waals surface area contributed by atoms with Crippen LogP contribution in [0.1, 0.15) is 25.7 Å². The number of nitrogens with one attached hydrogen (secondary N) is 1. The minimum Gasteiger partial charge on any atom is -0.382 e. The normalized spacial score (nSPS) is 16.1. The lowest BCUT2D eigenvalue weighted by atomic mass is 10.3. The number of nitrogens with zero attached hydrogens (tertiary/aromatic N) is 1. The van der Waals surface area contributed by atoms with Crippen LogP contribution >= 0.6 is 23.2 Å². The van der Waals surface area contributed by atoms with E-state index in [1.165, 1.54) is 25.7 Å². The highest BCUT2D eigenvalue weighted by molar-refractivity contribution is 6.37. The van der Waals surface area contributed by atoms with Crippen molar-refractivity contribution < 1.29 is 4.74 Å². The Morgan fingerprint density at radius 3 is 2.78 bits per heavy atom. The Morgan fingerprint density at radius 1 is 1.33 bits per heavy atom. The van der Waals surface area contributed by atoms with Crippen molar-refractivity contribution >= 4 is 34.8 Å². The molecule has 100 valence electrons. The molecule has 0 atom stereocenters. The van der Waals surface area contributed by atoms with Gasteiger partial charge in [0.1, 0.15) is 11.6 Å². The van der Waals surface area contributed by atoms with Crippen molar-refractivity contribution in [3.05, 3.63) is 16.1 Å². The number of aromatic nitrogens is 1. The van der Waals surface area contributed by atoms with Gasteiger partial charge in [-0.15, -0.1) is 0 Å². The number of ether oxygens (including phenoxy) is 1. The Hall–Kier alpha value is -0.710. The van der Waals surface area contributed by atoms with Gasteiger partial charge in [0.05, 0.1) is 22.8 Å². The van der Waals surface area contributed by atoms with Crippen LogP contribution in [0.15, 0.2) is 6.07 Å². The van der Waals surface area contributed by atoms with E-state index in [2.05, 4.69) is 10.3 Å². The summed E-state index contributed by atoms with van der Waals surface area (Å²) < 4.78 is 5.73. The molecule has 0 radical (unpaired) electrons. The number of hydrogen-bond acceptors (Lipinski definition) is 4. The molecule has 6 heteroatoms. The largest absolute Gasteiger partial charge is 0.382 e. The Labute approximate surface area is 117 Å². The van der Waals surface area contributed by atoms with Crippen molar-refractivity contribution in [3.63, 3.8) is 0 Å². The molecule has 1 saturated carbocycles. The second kappa shape index (κ2) is 6.45. The van der Waals surface area contributed by atoms with Crippen LogP contribution in [0.3, 0.4) is 0 Å². The molecule has 0 aliphatic heterocycles. The van der Waals surface area contributed by atoms with Crippen LogP contribution in [0, 0.1) is 0 Å². The average molecular weight is 290 g/mol. The summed E-state index contributed by atoms with van der Waals surface area (Å²) in [6, 6.07) is 1.59. The second-order valence-electron chi connectivity index (χ2n) is 4.39. The van der Waals surface area contributed by atoms with Crippen LogP contribution in [0.2, 0.25) is 10.0 Å². The number of nitrogens with two attached hydrogens (primary N) is 1. The van der Waals surface area contributed by atoms with Crippen molar-refractivity contribution in [2.45, 2.75) is 31.8 Å². The first-order chi connectivity index (χ1) is 8.66. The van der Waals surface area contributed by atoms with E-state index >= 15 is 0 Å². The molecule has 1 aliphatic rings. The van der Waals surface area contributed by atoms with Gasteiger partial charge in [0, 0.05) is 6.54 Å². The number of nitrogen functional groups attached to an aromatic ring is 1. The summed E-state index contributed by atoms with van der Waals surface area (Å²) in [5.41, 5.74) is 5.62. The molecule has 2 rings (SSSR count). The SMILES string of the molecule is Nc1nc(NCCOC2CCCC2)c(Cl)cc1Cl. The Morgan fingerprint density at radius 2 is 2.06 bits per heavy atom. The van der Waals surface area contributed by atoms with Gasteiger partial charge in [0.2, 0.25) is 0 Å². The van der Waals surface area contributed by atoms with Crippen LogP contribution in [-0.4, -0.2) is 24.2 Å². The summed E-state index contributed by atoms with van der Waals surface area (Å²) in [6.45, 7) is 1.30. The first kappa shape index (κ1) is 13.7. The van der Waals surface area contributed by atoms with E-state index in [0.29, 0.717) is 35.1 Å². The fraction of sp³-hybridized carbons (Fsp3) is 0.583. The molecule has 0 bridgehead atoms. The molecule has 4 nitrogen and oxygen atoms in total. The fourth-order valence-electron chi connectivity index (χ4n) is 2.05. The van der Waals surface area contributed by atoms with Crippen LogP contribution in [0.5, 0.6) is 0 Å². The number of hydrogen-bond donors (Lipinski definition) is 2. The van der Waals surface area contributed by atoms with E-state index < -0.39 is 0 Å². The van der Waals surface area contributed by atoms with E-state index in [1.807, 2.05) is 0 Å². The molecule has 1 heterocycles. The summed E-state index contributed by atoms with van der Waals surface area (Å²) in [7, 11) is 0. The smallest absolute Gasteiger partial charge is 0.147 e. The van der Waals surface area contributed by atoms with Gasteiger partial charge in [0.15, 0.2) is 0 Å². The van der Waals surface area contributed by atoms with E-state index in [1.54, 1.807) is 6.07 Å². The lowest BCUT2D eigenvalue weighted by Gasteiger charge is -2.12. The van der Waals surface area contributed by atoms with Crippen LogP contribution in [0.4, 0.5) is 11.6 Å². The predicted octanol–water partition coefficient (Wildman–Crippen LogP) is 3.34. The lowest BCUT2D eigenvalue weighted by Crippen LogP contribution is -2.16. The van der Waals surface area contributed by atoms with E-state index in [-0.39, 0.29) is 5.82 Å². The zero-order chi connectivity index (χ0) is 13.0. The summed E-state index contributed by atoms with van der Waals surface area (Å²) in [5, 5.41) is 3.93. The molecule has 18 heavy (non-hydrogen) atoms. The van der Waals surface area contributed by atoms with Gasteiger partial charge in [-0.2, -0.15) is 0 Å². The highest BCUT2D eigenvalue weighted by Crippen LogP contribution is 2.27. The van der Waals surface area contributed by atoms with Crippen LogP contribution in [0.25, 0.3) is 0 Å². The highest BCUT2D eigenvalue weighted by atomic mass is 35.5. The fourth-order valence-corrected chi connectivity index (χ4v) is 2.48. The monoisotopic (exact) mass is 289 g/mol. The molecule has 0 unspecified atom stereocenters. The van der Waals surface area contributed by atoms with E-state index in [9.17, 15) is 0 Å². The van der Waals surface area contributed by atoms with Crippen LogP contribution < -0.4 is 11.1 Å². The molecule has 0 aromatic carbocycles. The molecule has 0 spiro atoms. The van der Waals surface area contributed by atoms with E-state index in [4.69, 9.17) is 33.7 Å². The lowest BCUT2D eigenvalue weighted by molar-refractivity contribution is 0.0659. The quantitative estimate of drug-likeness (QED) is 0.816. The van der Waals surface area contributed by atoms with Gasteiger partial charge >= 0.3 is 0 Å². The maximum absolute atomic E-state index is 6.00. The van der Waals surface area contributed by atoms with Crippen molar-refractivity contribution in [1.82, 2.24) is 4.98 Å². The van der Waals surface area contributed by atoms with Crippen molar-refractivity contribution in [1.29, 1.82) is 0 Å². The molecule has 1 aromatic heterocycles. The van der Waals surface area contributed by atoms with E-state index in [0.717, 1.165) is 0 Å². The summed E-state index contributed by atoms with van der Waals surface area (Å²) in [6.07, 6.45) is 5.32. The summed E-state index contributed by atoms with van der Waals surface area (Å²) >= 11 is 11.8. The standard InChI is InChI=1S/C12H17Cl2N3O/c13-9-7-10(14)12(17-11(9)15)16-5-6-18-8-3-1-2-4-8/h7-8H,1-6H2,(H3,15,16,17). The zero-order valence-electron chi connectivity index (χ0n) is 10.1. The zero-order valence-corrected chi connectivity index (χ0v) is 11.6. The first-order valence-corrected chi connectivity index (χ1v) is 6.89. The number of pyridine rings is 1. The van der Waals surface area contributed by atoms with Gasteiger partial charge in [-0.25, -0.2) is 4.98 Å². The number of halogens is 2. The van der Waals surface area contributed by atoms with Crippen molar-refractivity contribution in [3.8, 4) is 0 Å². The second-order valence-corrected chi connectivity index (χ2v) is 5.20. The van der Waals surface area contributed by atoms with Gasteiger partial charge in [0.25, 0.3) is 0 Å². The number of rotatable bonds is 5. The number of anilines is 2. The van der Waals surface area contributed by atoms with Crippen molar-refractivity contribution in [2.75, 3.05) is 24.2 Å². The molecule has 1 aliphatic carbocycles. The maximum Gasteiger partial charge on any atom is 0.147 e. The third-order valence-corrected chi connectivity index (χ3v) is 3.60. The third kappa shape index (κ3) is 3.64. The Bertz CT molecular complexity index is 409. The van der Waals surface area contributed by atoms with Gasteiger partial charge in [-0.1, -0.05) is 36.0 Å². The molecule has 0 saturated heterocycles. The van der Waals surface area contributed by atoms with Gasteiger partial charge in [-0.05, 0) is 18.9 Å². The summed E-state index contributed by atoms with van der Waals surface area (Å²) in [5.74, 6) is 0.828. The van der Waals surface area contributed by atoms with Crippen molar-refractivity contribution in [2.24, 2.45) is 0 Å². The maximum atomic E-state index is 6.00. The van der Waals surface area contributed by atoms with Gasteiger partial charge in [-0.3, -0.25) is 0 Å². The summed E-state index contributed by atoms with van der Waals surface area (Å²) in [4.78, 5) is 4.09. The minimum absolute atomic E-state index is 0.278. The minimum atomic E-state index is 0.278. The Balaban J connectivity index is 1.77. The molecule has 0 amide bonds. The first-order valence-electron chi connectivity index (χ1n) is 6.14. The Kier molecular flexibility index (Phi) is 4.92. The van der Waals surface area contributed by atoms with Gasteiger partial charge < -0.3 is 15.8 Å². The highest BCUT2D eigenvalue weighted by Gasteiger charge is 2.14. The third-order valence-electron chi connectivity index (χ3n) is 3.01. The van der Waals surface area contributed by atoms with Crippen LogP contribution in [-0.2, 0) is 4.74 Å². The average Bonchev–Trinajstić information content (AvgIpc) is 2.84. The molecular weight excluding hydrogens is 273 g/mol. The predicted molar refractivity (Wildman–Crippen MR) is 75.4 cm³/mol. The molecular formula is C12H17Cl2N3O. The molecule has 1 aromatic rings. The molecule has 3 N–H and O–H groups in total. The molecule has 1 fully saturated rings.